The Morgan fingerprint density at radius 1 is 1.17 bits per heavy atom. The van der Waals surface area contributed by atoms with E-state index in [-0.39, 0.29) is 11.3 Å². The van der Waals surface area contributed by atoms with Gasteiger partial charge in [0.15, 0.2) is 0 Å². The summed E-state index contributed by atoms with van der Waals surface area (Å²) in [7, 11) is 0. The second-order valence-electron chi connectivity index (χ2n) is 5.59. The second-order valence-corrected chi connectivity index (χ2v) is 5.59. The summed E-state index contributed by atoms with van der Waals surface area (Å²) in [5.41, 5.74) is 4.24. The molecule has 0 saturated carbocycles. The van der Waals surface area contributed by atoms with Gasteiger partial charge in [-0.25, -0.2) is 0 Å². The SMILES string of the molecule is Cc1cc(C)c(NC(=O)/C(C#N)=C\Nc2cccc(O)c2)c(C)c1. The van der Waals surface area contributed by atoms with Gasteiger partial charge in [-0.3, -0.25) is 4.79 Å². The first-order valence-electron chi connectivity index (χ1n) is 7.45. The third kappa shape index (κ3) is 4.14. The van der Waals surface area contributed by atoms with Crippen LogP contribution in [0.3, 0.4) is 0 Å². The Labute approximate surface area is 141 Å². The third-order valence-electron chi connectivity index (χ3n) is 3.51. The van der Waals surface area contributed by atoms with Crippen molar-refractivity contribution in [3.05, 3.63) is 64.9 Å². The Bertz CT molecular complexity index is 825. The molecule has 0 radical (unpaired) electrons. The number of aryl methyl sites for hydroxylation is 3. The van der Waals surface area contributed by atoms with Gasteiger partial charge in [-0.05, 0) is 44.0 Å². The quantitative estimate of drug-likeness (QED) is 0.591. The Hall–Kier alpha value is -3.26. The van der Waals surface area contributed by atoms with Crippen molar-refractivity contribution in [1.29, 1.82) is 5.26 Å². The summed E-state index contributed by atoms with van der Waals surface area (Å²) in [5.74, 6) is -0.387. The number of hydrogen-bond acceptors (Lipinski definition) is 4. The van der Waals surface area contributed by atoms with Crippen molar-refractivity contribution in [2.75, 3.05) is 10.6 Å². The van der Waals surface area contributed by atoms with E-state index in [1.807, 2.05) is 39.0 Å². The van der Waals surface area contributed by atoms with Crippen molar-refractivity contribution in [3.63, 3.8) is 0 Å². The average Bonchev–Trinajstić information content (AvgIpc) is 2.51. The van der Waals surface area contributed by atoms with Gasteiger partial charge >= 0.3 is 0 Å². The molecule has 2 aromatic carbocycles. The molecule has 5 heteroatoms. The maximum atomic E-state index is 12.3. The van der Waals surface area contributed by atoms with E-state index in [9.17, 15) is 15.2 Å². The van der Waals surface area contributed by atoms with Crippen LogP contribution in [-0.2, 0) is 4.79 Å². The zero-order valence-corrected chi connectivity index (χ0v) is 13.8. The first-order valence-corrected chi connectivity index (χ1v) is 7.45. The minimum absolute atomic E-state index is 0.0577. The number of carbonyl (C=O) groups is 1. The maximum Gasteiger partial charge on any atom is 0.267 e. The maximum absolute atomic E-state index is 12.3. The standard InChI is InChI=1S/C19H19N3O2/c1-12-7-13(2)18(14(3)8-12)22-19(24)15(10-20)11-21-16-5-4-6-17(23)9-16/h4-9,11,21,23H,1-3H3,(H,22,24)/b15-11-. The Morgan fingerprint density at radius 2 is 1.83 bits per heavy atom. The van der Waals surface area contributed by atoms with Crippen LogP contribution in [0.1, 0.15) is 16.7 Å². The highest BCUT2D eigenvalue weighted by molar-refractivity contribution is 6.07. The smallest absolute Gasteiger partial charge is 0.267 e. The molecular formula is C19H19N3O2. The van der Waals surface area contributed by atoms with Crippen LogP contribution in [0.25, 0.3) is 0 Å². The molecule has 0 heterocycles. The molecule has 0 fully saturated rings. The van der Waals surface area contributed by atoms with Gasteiger partial charge in [-0.1, -0.05) is 23.8 Å². The molecule has 0 saturated heterocycles. The molecule has 2 aromatic rings. The number of phenols is 1. The van der Waals surface area contributed by atoms with Gasteiger partial charge in [0.1, 0.15) is 17.4 Å². The van der Waals surface area contributed by atoms with Gasteiger partial charge in [0, 0.05) is 23.6 Å². The van der Waals surface area contributed by atoms with Crippen LogP contribution in [0.4, 0.5) is 11.4 Å². The summed E-state index contributed by atoms with van der Waals surface area (Å²) in [5, 5.41) is 24.3. The Balaban J connectivity index is 2.18. The lowest BCUT2D eigenvalue weighted by Crippen LogP contribution is -2.16. The van der Waals surface area contributed by atoms with Gasteiger partial charge in [0.05, 0.1) is 0 Å². The summed E-state index contributed by atoms with van der Waals surface area (Å²) >= 11 is 0. The molecule has 0 aliphatic carbocycles. The minimum Gasteiger partial charge on any atom is -0.508 e. The molecule has 2 rings (SSSR count). The molecule has 0 atom stereocenters. The van der Waals surface area contributed by atoms with Crippen molar-refractivity contribution in [1.82, 2.24) is 0 Å². The number of nitrogens with zero attached hydrogens (tertiary/aromatic N) is 1. The fraction of sp³-hybridized carbons (Fsp3) is 0.158. The van der Waals surface area contributed by atoms with E-state index in [4.69, 9.17) is 0 Å². The molecule has 0 unspecified atom stereocenters. The highest BCUT2D eigenvalue weighted by Gasteiger charge is 2.12. The number of hydrogen-bond donors (Lipinski definition) is 3. The van der Waals surface area contributed by atoms with Crippen molar-refractivity contribution in [2.24, 2.45) is 0 Å². The lowest BCUT2D eigenvalue weighted by molar-refractivity contribution is -0.112. The average molecular weight is 321 g/mol. The van der Waals surface area contributed by atoms with Crippen LogP contribution in [-0.4, -0.2) is 11.0 Å². The predicted molar refractivity (Wildman–Crippen MR) is 94.7 cm³/mol. The summed E-state index contributed by atoms with van der Waals surface area (Å²) < 4.78 is 0. The molecule has 122 valence electrons. The summed E-state index contributed by atoms with van der Waals surface area (Å²) in [6, 6.07) is 12.3. The number of nitriles is 1. The number of anilines is 2. The minimum atomic E-state index is -0.486. The van der Waals surface area contributed by atoms with Crippen LogP contribution in [0.15, 0.2) is 48.2 Å². The first-order chi connectivity index (χ1) is 11.4. The molecule has 0 bridgehead atoms. The summed E-state index contributed by atoms with van der Waals surface area (Å²) in [6.07, 6.45) is 1.32. The number of carbonyl (C=O) groups excluding carboxylic acids is 1. The highest BCUT2D eigenvalue weighted by Crippen LogP contribution is 2.22. The summed E-state index contributed by atoms with van der Waals surface area (Å²) in [6.45, 7) is 5.82. The molecular weight excluding hydrogens is 302 g/mol. The lowest BCUT2D eigenvalue weighted by Gasteiger charge is -2.12. The van der Waals surface area contributed by atoms with Crippen molar-refractivity contribution < 1.29 is 9.90 Å². The molecule has 5 nitrogen and oxygen atoms in total. The van der Waals surface area contributed by atoms with E-state index in [1.165, 1.54) is 18.3 Å². The van der Waals surface area contributed by atoms with E-state index in [0.29, 0.717) is 11.4 Å². The molecule has 0 aliphatic heterocycles. The monoisotopic (exact) mass is 321 g/mol. The van der Waals surface area contributed by atoms with E-state index >= 15 is 0 Å². The Morgan fingerprint density at radius 3 is 2.42 bits per heavy atom. The van der Waals surface area contributed by atoms with Gasteiger partial charge in [0.25, 0.3) is 5.91 Å². The van der Waals surface area contributed by atoms with E-state index in [0.717, 1.165) is 16.7 Å². The van der Waals surface area contributed by atoms with Gasteiger partial charge in [0.2, 0.25) is 0 Å². The molecule has 0 aromatic heterocycles. The normalized spacial score (nSPS) is 10.8. The number of phenolic OH excluding ortho intramolecular Hbond substituents is 1. The van der Waals surface area contributed by atoms with Crippen LogP contribution in [0.5, 0.6) is 5.75 Å². The molecule has 0 aliphatic rings. The summed E-state index contributed by atoms with van der Waals surface area (Å²) in [4.78, 5) is 12.3. The predicted octanol–water partition coefficient (Wildman–Crippen LogP) is 3.78. The number of nitrogens with one attached hydrogen (secondary N) is 2. The van der Waals surface area contributed by atoms with Crippen LogP contribution < -0.4 is 10.6 Å². The fourth-order valence-corrected chi connectivity index (χ4v) is 2.46. The Kier molecular flexibility index (Phi) is 5.23. The number of aromatic hydroxyl groups is 1. The number of amides is 1. The zero-order valence-electron chi connectivity index (χ0n) is 13.8. The lowest BCUT2D eigenvalue weighted by atomic mass is 10.0. The van der Waals surface area contributed by atoms with Crippen molar-refractivity contribution >= 4 is 17.3 Å². The van der Waals surface area contributed by atoms with Gasteiger partial charge < -0.3 is 15.7 Å². The molecule has 1 amide bonds. The van der Waals surface area contributed by atoms with Crippen molar-refractivity contribution in [3.8, 4) is 11.8 Å². The van der Waals surface area contributed by atoms with E-state index < -0.39 is 5.91 Å². The van der Waals surface area contributed by atoms with Crippen LogP contribution in [0.2, 0.25) is 0 Å². The zero-order chi connectivity index (χ0) is 17.7. The second kappa shape index (κ2) is 7.34. The van der Waals surface area contributed by atoms with Crippen LogP contribution in [0, 0.1) is 32.1 Å². The largest absolute Gasteiger partial charge is 0.508 e. The van der Waals surface area contributed by atoms with Crippen LogP contribution >= 0.6 is 0 Å². The highest BCUT2D eigenvalue weighted by atomic mass is 16.3. The van der Waals surface area contributed by atoms with Crippen molar-refractivity contribution in [2.45, 2.75) is 20.8 Å². The van der Waals surface area contributed by atoms with E-state index in [1.54, 1.807) is 12.1 Å². The molecule has 24 heavy (non-hydrogen) atoms. The topological polar surface area (TPSA) is 85.2 Å². The number of benzene rings is 2. The third-order valence-corrected chi connectivity index (χ3v) is 3.51. The molecule has 0 spiro atoms. The number of rotatable bonds is 4. The van der Waals surface area contributed by atoms with Gasteiger partial charge in [-0.15, -0.1) is 0 Å². The van der Waals surface area contributed by atoms with E-state index in [2.05, 4.69) is 10.6 Å². The first kappa shape index (κ1) is 17.1. The van der Waals surface area contributed by atoms with Gasteiger partial charge in [-0.2, -0.15) is 5.26 Å². The fourth-order valence-electron chi connectivity index (χ4n) is 2.46. The molecule has 3 N–H and O–H groups in total.